The Kier molecular flexibility index (Phi) is 8.46. The van der Waals surface area contributed by atoms with E-state index < -0.39 is 24.1 Å². The second-order valence-electron chi connectivity index (χ2n) is 5.59. The van der Waals surface area contributed by atoms with Gasteiger partial charge in [0.2, 0.25) is 0 Å². The summed E-state index contributed by atoms with van der Waals surface area (Å²) in [6.07, 6.45) is 1.47. The lowest BCUT2D eigenvalue weighted by atomic mass is 10.1. The van der Waals surface area contributed by atoms with Crippen molar-refractivity contribution < 1.29 is 19.5 Å². The molecule has 4 amide bonds. The summed E-state index contributed by atoms with van der Waals surface area (Å²) in [6, 6.07) is 6.11. The van der Waals surface area contributed by atoms with Gasteiger partial charge in [0.05, 0.1) is 0 Å². The number of carbonyl (C=O) groups excluding carboxylic acids is 2. The van der Waals surface area contributed by atoms with Gasteiger partial charge in [-0.2, -0.15) is 0 Å². The molecule has 0 fully saturated rings. The van der Waals surface area contributed by atoms with Crippen molar-refractivity contribution in [3.8, 4) is 0 Å². The maximum atomic E-state index is 12.6. The van der Waals surface area contributed by atoms with Gasteiger partial charge in [0.25, 0.3) is 0 Å². The monoisotopic (exact) mass is 349 g/mol. The predicted molar refractivity (Wildman–Crippen MR) is 95.3 cm³/mol. The van der Waals surface area contributed by atoms with E-state index in [1.807, 2.05) is 20.8 Å². The molecule has 7 heteroatoms. The van der Waals surface area contributed by atoms with E-state index in [1.54, 1.807) is 30.3 Å². The molecular formula is C18H27N3O4. The van der Waals surface area contributed by atoms with Crippen LogP contribution >= 0.6 is 0 Å². The average molecular weight is 349 g/mol. The molecule has 0 saturated heterocycles. The number of carboxylic acids is 1. The molecule has 25 heavy (non-hydrogen) atoms. The molecule has 0 aliphatic rings. The van der Waals surface area contributed by atoms with Gasteiger partial charge in [-0.3, -0.25) is 0 Å². The molecule has 2 N–H and O–H groups in total. The van der Waals surface area contributed by atoms with E-state index in [4.69, 9.17) is 0 Å². The van der Waals surface area contributed by atoms with Gasteiger partial charge in [0, 0.05) is 19.6 Å². The first kappa shape index (κ1) is 20.5. The van der Waals surface area contributed by atoms with Crippen LogP contribution < -0.4 is 5.32 Å². The average Bonchev–Trinajstić information content (AvgIpc) is 2.61. The van der Waals surface area contributed by atoms with Gasteiger partial charge in [0.15, 0.2) is 6.04 Å². The first-order valence-corrected chi connectivity index (χ1v) is 8.60. The highest BCUT2D eigenvalue weighted by atomic mass is 16.4. The largest absolute Gasteiger partial charge is 0.479 e. The molecule has 0 aromatic heterocycles. The van der Waals surface area contributed by atoms with Crippen LogP contribution in [0.5, 0.6) is 0 Å². The molecular weight excluding hydrogens is 322 g/mol. The highest BCUT2D eigenvalue weighted by Crippen LogP contribution is 2.14. The molecule has 0 heterocycles. The Labute approximate surface area is 148 Å². The van der Waals surface area contributed by atoms with Gasteiger partial charge in [-0.25, -0.2) is 19.3 Å². The molecule has 0 saturated carbocycles. The van der Waals surface area contributed by atoms with Crippen LogP contribution in [0.4, 0.5) is 9.59 Å². The first-order chi connectivity index (χ1) is 12.0. The van der Waals surface area contributed by atoms with Gasteiger partial charge in [-0.15, -0.1) is 0 Å². The molecule has 0 aliphatic carbocycles. The van der Waals surface area contributed by atoms with Crippen LogP contribution in [-0.4, -0.2) is 52.6 Å². The summed E-state index contributed by atoms with van der Waals surface area (Å²) < 4.78 is 0. The number of nitrogens with one attached hydrogen (secondary N) is 1. The second kappa shape index (κ2) is 10.3. The zero-order valence-electron chi connectivity index (χ0n) is 15.1. The zero-order chi connectivity index (χ0) is 18.8. The highest BCUT2D eigenvalue weighted by Gasteiger charge is 2.29. The van der Waals surface area contributed by atoms with Crippen LogP contribution in [0.3, 0.4) is 0 Å². The molecule has 1 atom stereocenters. The highest BCUT2D eigenvalue weighted by molar-refractivity contribution is 5.95. The molecule has 138 valence electrons. The number of amides is 4. The minimum absolute atomic E-state index is 0.249. The maximum absolute atomic E-state index is 12.6. The number of carboxylic acid groups (broad SMARTS) is 1. The smallest absolute Gasteiger partial charge is 0.330 e. The minimum atomic E-state index is -1.21. The normalized spacial score (nSPS) is 11.5. The molecule has 1 aromatic rings. The van der Waals surface area contributed by atoms with Crippen LogP contribution in [0.1, 0.15) is 45.2 Å². The van der Waals surface area contributed by atoms with Crippen molar-refractivity contribution in [2.75, 3.05) is 19.6 Å². The van der Waals surface area contributed by atoms with Crippen LogP contribution in [-0.2, 0) is 4.79 Å². The molecule has 1 unspecified atom stereocenters. The van der Waals surface area contributed by atoms with E-state index in [-0.39, 0.29) is 6.54 Å². The lowest BCUT2D eigenvalue weighted by molar-refractivity contribution is -0.139. The topological polar surface area (TPSA) is 90.0 Å². The number of nitrogens with zero attached hydrogens (tertiary/aromatic N) is 2. The van der Waals surface area contributed by atoms with Crippen LogP contribution in [0.25, 0.3) is 0 Å². The third-order valence-electron chi connectivity index (χ3n) is 3.89. The van der Waals surface area contributed by atoms with Gasteiger partial charge < -0.3 is 15.3 Å². The second-order valence-corrected chi connectivity index (χ2v) is 5.59. The Bertz CT molecular complexity index is 573. The number of imide groups is 1. The maximum Gasteiger partial charge on any atom is 0.330 e. The SMILES string of the molecule is CCCCN(C(=O)NC(C(=O)O)c1ccccc1)C(=O)N(CC)CC. The van der Waals surface area contributed by atoms with E-state index in [1.165, 1.54) is 4.90 Å². The van der Waals surface area contributed by atoms with E-state index in [0.717, 1.165) is 11.3 Å². The number of unbranched alkanes of at least 4 members (excludes halogenated alkanes) is 1. The Morgan fingerprint density at radius 2 is 1.68 bits per heavy atom. The van der Waals surface area contributed by atoms with Gasteiger partial charge in [-0.05, 0) is 25.8 Å². The quantitative estimate of drug-likeness (QED) is 0.754. The van der Waals surface area contributed by atoms with Crippen molar-refractivity contribution in [2.24, 2.45) is 0 Å². The lowest BCUT2D eigenvalue weighted by Gasteiger charge is -2.29. The summed E-state index contributed by atoms with van der Waals surface area (Å²) in [6.45, 7) is 6.84. The summed E-state index contributed by atoms with van der Waals surface area (Å²) in [5, 5.41) is 11.9. The number of rotatable bonds is 8. The van der Waals surface area contributed by atoms with E-state index in [9.17, 15) is 19.5 Å². The Morgan fingerprint density at radius 3 is 2.16 bits per heavy atom. The van der Waals surface area contributed by atoms with Crippen molar-refractivity contribution in [3.05, 3.63) is 35.9 Å². The molecule has 0 spiro atoms. The minimum Gasteiger partial charge on any atom is -0.479 e. The summed E-state index contributed by atoms with van der Waals surface area (Å²) in [5.41, 5.74) is 0.453. The number of hydrogen-bond donors (Lipinski definition) is 2. The molecule has 1 aromatic carbocycles. The van der Waals surface area contributed by atoms with Crippen molar-refractivity contribution in [3.63, 3.8) is 0 Å². The molecule has 7 nitrogen and oxygen atoms in total. The van der Waals surface area contributed by atoms with E-state index >= 15 is 0 Å². The zero-order valence-corrected chi connectivity index (χ0v) is 15.1. The standard InChI is InChI=1S/C18H27N3O4/c1-4-7-13-21(18(25)20(5-2)6-3)17(24)19-15(16(22)23)14-11-9-8-10-12-14/h8-12,15H,4-7,13H2,1-3H3,(H,19,24)(H,22,23). The Morgan fingerprint density at radius 1 is 1.08 bits per heavy atom. The Balaban J connectivity index is 2.99. The number of carbonyl (C=O) groups is 3. The number of benzene rings is 1. The lowest BCUT2D eigenvalue weighted by Crippen LogP contribution is -2.51. The van der Waals surface area contributed by atoms with Gasteiger partial charge in [-0.1, -0.05) is 43.7 Å². The molecule has 0 aliphatic heterocycles. The first-order valence-electron chi connectivity index (χ1n) is 8.60. The van der Waals surface area contributed by atoms with Crippen molar-refractivity contribution >= 4 is 18.0 Å². The summed E-state index contributed by atoms with van der Waals surface area (Å²) >= 11 is 0. The molecule has 0 bridgehead atoms. The van der Waals surface area contributed by atoms with E-state index in [2.05, 4.69) is 5.32 Å². The van der Waals surface area contributed by atoms with Gasteiger partial charge in [0.1, 0.15) is 0 Å². The summed E-state index contributed by atoms with van der Waals surface area (Å²) in [5.74, 6) is -1.18. The summed E-state index contributed by atoms with van der Waals surface area (Å²) in [4.78, 5) is 39.4. The predicted octanol–water partition coefficient (Wildman–Crippen LogP) is 3.09. The van der Waals surface area contributed by atoms with Gasteiger partial charge >= 0.3 is 18.0 Å². The number of aliphatic carboxylic acids is 1. The third kappa shape index (κ3) is 5.77. The fourth-order valence-electron chi connectivity index (χ4n) is 2.40. The molecule has 0 radical (unpaired) electrons. The van der Waals surface area contributed by atoms with Crippen molar-refractivity contribution in [1.82, 2.24) is 15.1 Å². The number of urea groups is 2. The molecule has 1 rings (SSSR count). The Hall–Kier alpha value is -2.57. The number of hydrogen-bond acceptors (Lipinski definition) is 3. The van der Waals surface area contributed by atoms with Crippen molar-refractivity contribution in [1.29, 1.82) is 0 Å². The van der Waals surface area contributed by atoms with Crippen LogP contribution in [0.2, 0.25) is 0 Å². The van der Waals surface area contributed by atoms with E-state index in [0.29, 0.717) is 25.1 Å². The fraction of sp³-hybridized carbons (Fsp3) is 0.500. The third-order valence-corrected chi connectivity index (χ3v) is 3.89. The summed E-state index contributed by atoms with van der Waals surface area (Å²) in [7, 11) is 0. The van der Waals surface area contributed by atoms with Crippen molar-refractivity contribution in [2.45, 2.75) is 39.7 Å². The van der Waals surface area contributed by atoms with Crippen LogP contribution in [0.15, 0.2) is 30.3 Å². The van der Waals surface area contributed by atoms with Crippen LogP contribution in [0, 0.1) is 0 Å². The fourth-order valence-corrected chi connectivity index (χ4v) is 2.40.